The van der Waals surface area contributed by atoms with Crippen molar-refractivity contribution in [1.82, 2.24) is 14.8 Å². The van der Waals surface area contributed by atoms with Gasteiger partial charge in [-0.15, -0.1) is 5.10 Å². The molecule has 0 fully saturated rings. The Bertz CT molecular complexity index is 506. The van der Waals surface area contributed by atoms with E-state index in [1.807, 2.05) is 19.9 Å². The van der Waals surface area contributed by atoms with E-state index in [1.54, 1.807) is 10.8 Å². The summed E-state index contributed by atoms with van der Waals surface area (Å²) in [6.45, 7) is 15.9. The molecule has 18 heavy (non-hydrogen) atoms. The van der Waals surface area contributed by atoms with Gasteiger partial charge in [-0.3, -0.25) is 0 Å². The summed E-state index contributed by atoms with van der Waals surface area (Å²) in [5, 5.41) is 4.36. The lowest BCUT2D eigenvalue weighted by Gasteiger charge is -2.10. The van der Waals surface area contributed by atoms with Gasteiger partial charge in [0.1, 0.15) is 5.82 Å². The van der Waals surface area contributed by atoms with Gasteiger partial charge in [0.2, 0.25) is 0 Å². The van der Waals surface area contributed by atoms with Crippen LogP contribution in [0.15, 0.2) is 43.0 Å². The molecule has 0 aliphatic heterocycles. The number of allylic oxidation sites excluding steroid dienone is 5. The summed E-state index contributed by atoms with van der Waals surface area (Å²) in [4.78, 5) is 4.29. The Morgan fingerprint density at radius 3 is 2.56 bits per heavy atom. The molecule has 4 nitrogen and oxygen atoms in total. The van der Waals surface area contributed by atoms with Crippen molar-refractivity contribution in [3.05, 3.63) is 54.7 Å². The summed E-state index contributed by atoms with van der Waals surface area (Å²) in [6.07, 6.45) is 4.42. The van der Waals surface area contributed by atoms with E-state index >= 15 is 0 Å². The van der Waals surface area contributed by atoms with Crippen LogP contribution < -0.4 is 5.73 Å². The lowest BCUT2D eigenvalue weighted by atomic mass is 10.1. The second-order valence-corrected chi connectivity index (χ2v) is 3.96. The molecule has 2 N–H and O–H groups in total. The predicted octanol–water partition coefficient (Wildman–Crippen LogP) is 2.59. The van der Waals surface area contributed by atoms with Crippen molar-refractivity contribution in [2.75, 3.05) is 0 Å². The molecule has 1 heterocycles. The highest BCUT2D eigenvalue weighted by Gasteiger charge is 2.11. The molecule has 0 atom stereocenters. The van der Waals surface area contributed by atoms with E-state index in [2.05, 4.69) is 29.8 Å². The lowest BCUT2D eigenvalue weighted by Crippen LogP contribution is -2.05. The fourth-order valence-corrected chi connectivity index (χ4v) is 1.49. The fraction of sp³-hybridized carbons (Fsp3) is 0.286. The van der Waals surface area contributed by atoms with Crippen molar-refractivity contribution < 1.29 is 0 Å². The molecule has 96 valence electrons. The molecule has 0 aromatic carbocycles. The van der Waals surface area contributed by atoms with Gasteiger partial charge < -0.3 is 5.73 Å². The standard InChI is InChI=1S/C14H20N4/c1-6-10(3)8-13(11(4)7-2)18-12(5)16-14(9-15)17-18/h6,8H,1,3-4,7,9,15H2,2,5H3/b13-8-. The van der Waals surface area contributed by atoms with Crippen LogP contribution in [-0.2, 0) is 6.54 Å². The highest BCUT2D eigenvalue weighted by Crippen LogP contribution is 2.20. The zero-order valence-electron chi connectivity index (χ0n) is 11.1. The third-order valence-corrected chi connectivity index (χ3v) is 2.60. The molecule has 0 amide bonds. The molecule has 1 aromatic rings. The molecule has 4 heteroatoms. The van der Waals surface area contributed by atoms with Crippen molar-refractivity contribution in [3.63, 3.8) is 0 Å². The Morgan fingerprint density at radius 1 is 1.44 bits per heavy atom. The topological polar surface area (TPSA) is 56.7 Å². The van der Waals surface area contributed by atoms with E-state index in [9.17, 15) is 0 Å². The van der Waals surface area contributed by atoms with Crippen molar-refractivity contribution in [2.24, 2.45) is 5.73 Å². The summed E-state index contributed by atoms with van der Waals surface area (Å²) in [7, 11) is 0. The van der Waals surface area contributed by atoms with Crippen LogP contribution in [-0.4, -0.2) is 14.8 Å². The minimum Gasteiger partial charge on any atom is -0.324 e. The quantitative estimate of drug-likeness (QED) is 0.782. The summed E-state index contributed by atoms with van der Waals surface area (Å²) in [5.41, 5.74) is 8.21. The normalized spacial score (nSPS) is 11.4. The average molecular weight is 244 g/mol. The van der Waals surface area contributed by atoms with Gasteiger partial charge in [-0.1, -0.05) is 32.7 Å². The van der Waals surface area contributed by atoms with Crippen molar-refractivity contribution in [1.29, 1.82) is 0 Å². The minimum atomic E-state index is 0.322. The zero-order chi connectivity index (χ0) is 13.7. The number of hydrogen-bond acceptors (Lipinski definition) is 3. The van der Waals surface area contributed by atoms with E-state index in [1.165, 1.54) is 0 Å². The lowest BCUT2D eigenvalue weighted by molar-refractivity contribution is 0.822. The Kier molecular flexibility index (Phi) is 4.80. The van der Waals surface area contributed by atoms with E-state index in [0.29, 0.717) is 12.4 Å². The number of nitrogens with zero attached hydrogens (tertiary/aromatic N) is 3. The molecule has 0 unspecified atom stereocenters. The third-order valence-electron chi connectivity index (χ3n) is 2.60. The summed E-state index contributed by atoms with van der Waals surface area (Å²) in [5.74, 6) is 1.40. The van der Waals surface area contributed by atoms with Crippen LogP contribution in [0, 0.1) is 6.92 Å². The molecule has 0 aliphatic carbocycles. The maximum absolute atomic E-state index is 5.55. The van der Waals surface area contributed by atoms with Crippen LogP contribution in [0.25, 0.3) is 5.70 Å². The van der Waals surface area contributed by atoms with Crippen LogP contribution in [0.1, 0.15) is 25.0 Å². The predicted molar refractivity (Wildman–Crippen MR) is 75.7 cm³/mol. The first-order chi connectivity index (χ1) is 8.53. The van der Waals surface area contributed by atoms with E-state index in [4.69, 9.17) is 5.73 Å². The van der Waals surface area contributed by atoms with Crippen molar-refractivity contribution in [3.8, 4) is 0 Å². The van der Waals surface area contributed by atoms with Gasteiger partial charge in [0.25, 0.3) is 0 Å². The fourth-order valence-electron chi connectivity index (χ4n) is 1.49. The van der Waals surface area contributed by atoms with Gasteiger partial charge in [-0.25, -0.2) is 9.67 Å². The molecule has 0 spiro atoms. The smallest absolute Gasteiger partial charge is 0.164 e. The number of aryl methyl sites for hydroxylation is 1. The van der Waals surface area contributed by atoms with Crippen LogP contribution >= 0.6 is 0 Å². The molecular weight excluding hydrogens is 224 g/mol. The Hall–Kier alpha value is -1.94. The largest absolute Gasteiger partial charge is 0.324 e. The second-order valence-electron chi connectivity index (χ2n) is 3.96. The highest BCUT2D eigenvalue weighted by atomic mass is 15.4. The Morgan fingerprint density at radius 2 is 2.11 bits per heavy atom. The second kappa shape index (κ2) is 6.12. The van der Waals surface area contributed by atoms with E-state index < -0.39 is 0 Å². The van der Waals surface area contributed by atoms with Crippen molar-refractivity contribution in [2.45, 2.75) is 26.8 Å². The molecule has 0 bridgehead atoms. The first-order valence-corrected chi connectivity index (χ1v) is 5.87. The SMILES string of the molecule is C=CC(=C)/C=C(/C(=C)CC)n1nc(CN)nc1C. The van der Waals surface area contributed by atoms with Crippen LogP contribution in [0.4, 0.5) is 0 Å². The zero-order valence-corrected chi connectivity index (χ0v) is 11.1. The molecule has 1 rings (SSSR count). The van der Waals surface area contributed by atoms with E-state index in [0.717, 1.165) is 29.1 Å². The summed E-state index contributed by atoms with van der Waals surface area (Å²) < 4.78 is 1.75. The number of hydrogen-bond donors (Lipinski definition) is 1. The van der Waals surface area contributed by atoms with Crippen LogP contribution in [0.5, 0.6) is 0 Å². The Balaban J connectivity index is 3.29. The van der Waals surface area contributed by atoms with Crippen LogP contribution in [0.3, 0.4) is 0 Å². The maximum Gasteiger partial charge on any atom is 0.164 e. The number of nitrogens with two attached hydrogens (primary N) is 1. The molecule has 1 aromatic heterocycles. The Labute approximate surface area is 108 Å². The monoisotopic (exact) mass is 244 g/mol. The summed E-state index contributed by atoms with van der Waals surface area (Å²) in [6, 6.07) is 0. The number of aromatic nitrogens is 3. The minimum absolute atomic E-state index is 0.322. The highest BCUT2D eigenvalue weighted by molar-refractivity contribution is 5.66. The maximum atomic E-state index is 5.55. The van der Waals surface area contributed by atoms with Gasteiger partial charge in [0.15, 0.2) is 5.82 Å². The molecular formula is C14H20N4. The first kappa shape index (κ1) is 14.1. The van der Waals surface area contributed by atoms with Crippen LogP contribution in [0.2, 0.25) is 0 Å². The van der Waals surface area contributed by atoms with Gasteiger partial charge in [0.05, 0.1) is 12.2 Å². The van der Waals surface area contributed by atoms with Gasteiger partial charge in [0, 0.05) is 0 Å². The molecule has 0 aliphatic rings. The number of rotatable bonds is 6. The molecule has 0 saturated carbocycles. The molecule has 0 saturated heterocycles. The first-order valence-electron chi connectivity index (χ1n) is 5.87. The molecule has 0 radical (unpaired) electrons. The van der Waals surface area contributed by atoms with Gasteiger partial charge >= 0.3 is 0 Å². The average Bonchev–Trinajstić information content (AvgIpc) is 2.75. The van der Waals surface area contributed by atoms with Gasteiger partial charge in [-0.05, 0) is 30.6 Å². The van der Waals surface area contributed by atoms with Gasteiger partial charge in [-0.2, -0.15) is 0 Å². The van der Waals surface area contributed by atoms with E-state index in [-0.39, 0.29) is 0 Å². The summed E-state index contributed by atoms with van der Waals surface area (Å²) >= 11 is 0. The van der Waals surface area contributed by atoms with Crippen molar-refractivity contribution >= 4 is 5.70 Å². The third kappa shape index (κ3) is 3.05.